The number of nitrogens with zero attached hydrogens (tertiary/aromatic N) is 4. The number of nitrogens with two attached hydrogens (primary N) is 1. The van der Waals surface area contributed by atoms with E-state index in [0.29, 0.717) is 42.8 Å². The monoisotopic (exact) mass is 360 g/mol. The first kappa shape index (κ1) is 14.6. The van der Waals surface area contributed by atoms with Crippen molar-refractivity contribution in [3.63, 3.8) is 0 Å². The van der Waals surface area contributed by atoms with E-state index in [0.717, 1.165) is 0 Å². The lowest BCUT2D eigenvalue weighted by atomic mass is 10.3. The van der Waals surface area contributed by atoms with Crippen molar-refractivity contribution >= 4 is 63.5 Å². The number of aromatic amines is 1. The summed E-state index contributed by atoms with van der Waals surface area (Å²) >= 11 is 19.4. The van der Waals surface area contributed by atoms with Crippen molar-refractivity contribution in [1.29, 1.82) is 0 Å². The van der Waals surface area contributed by atoms with Gasteiger partial charge in [-0.25, -0.2) is 15.1 Å². The van der Waals surface area contributed by atoms with E-state index < -0.39 is 0 Å². The number of H-pyrrole nitrogens is 1. The van der Waals surface area contributed by atoms with Crippen LogP contribution < -0.4 is 5.73 Å². The lowest BCUT2D eigenvalue weighted by Gasteiger charge is -2.05. The summed E-state index contributed by atoms with van der Waals surface area (Å²) in [6.07, 6.45) is 0. The quantitative estimate of drug-likeness (QED) is 0.693. The van der Waals surface area contributed by atoms with Crippen LogP contribution in [-0.2, 0) is 5.75 Å². The number of aromatic nitrogens is 5. The standard InChI is InChI=1S/C11H7Cl3N6S/c12-4-1-6-7(2-5(4)13)17-9(14)8(16-6)3-21-11-18-10(15)19-20-11/h1-2H,3H2,(H3,15,18,19,20). The summed E-state index contributed by atoms with van der Waals surface area (Å²) in [4.78, 5) is 12.7. The Balaban J connectivity index is 1.91. The van der Waals surface area contributed by atoms with Crippen LogP contribution in [0.3, 0.4) is 0 Å². The molecular weight excluding hydrogens is 355 g/mol. The number of thioether (sulfide) groups is 1. The summed E-state index contributed by atoms with van der Waals surface area (Å²) in [7, 11) is 0. The molecule has 0 saturated heterocycles. The number of fused-ring (bicyclic) bond motifs is 1. The number of hydrogen-bond acceptors (Lipinski definition) is 6. The maximum Gasteiger partial charge on any atom is 0.216 e. The fourth-order valence-corrected chi connectivity index (χ4v) is 2.95. The van der Waals surface area contributed by atoms with E-state index in [2.05, 4.69) is 25.1 Å². The Bertz CT molecular complexity index is 821. The zero-order valence-electron chi connectivity index (χ0n) is 10.3. The summed E-state index contributed by atoms with van der Waals surface area (Å²) in [5.41, 5.74) is 7.28. The first-order chi connectivity index (χ1) is 10.0. The Morgan fingerprint density at radius 2 is 1.71 bits per heavy atom. The molecule has 0 atom stereocenters. The number of halogens is 3. The van der Waals surface area contributed by atoms with E-state index in [1.807, 2.05) is 0 Å². The molecule has 3 aromatic rings. The van der Waals surface area contributed by atoms with E-state index in [4.69, 9.17) is 40.5 Å². The molecule has 0 amide bonds. The van der Waals surface area contributed by atoms with Crippen LogP contribution in [0.4, 0.5) is 5.95 Å². The maximum atomic E-state index is 6.13. The van der Waals surface area contributed by atoms with Gasteiger partial charge in [-0.15, -0.1) is 5.10 Å². The molecule has 0 spiro atoms. The van der Waals surface area contributed by atoms with Crippen LogP contribution in [0.25, 0.3) is 11.0 Å². The van der Waals surface area contributed by atoms with Gasteiger partial charge < -0.3 is 5.73 Å². The van der Waals surface area contributed by atoms with Crippen LogP contribution in [0.5, 0.6) is 0 Å². The van der Waals surface area contributed by atoms with Crippen molar-refractivity contribution in [3.05, 3.63) is 33.0 Å². The molecule has 2 heterocycles. The van der Waals surface area contributed by atoms with Crippen molar-refractivity contribution in [3.8, 4) is 0 Å². The summed E-state index contributed by atoms with van der Waals surface area (Å²) in [6.45, 7) is 0. The van der Waals surface area contributed by atoms with Crippen molar-refractivity contribution in [2.75, 3.05) is 5.73 Å². The van der Waals surface area contributed by atoms with Gasteiger partial charge in [0.15, 0.2) is 5.15 Å². The highest BCUT2D eigenvalue weighted by Gasteiger charge is 2.11. The highest BCUT2D eigenvalue weighted by Crippen LogP contribution is 2.29. The van der Waals surface area contributed by atoms with Gasteiger partial charge in [0.25, 0.3) is 0 Å². The van der Waals surface area contributed by atoms with E-state index in [9.17, 15) is 0 Å². The van der Waals surface area contributed by atoms with Crippen LogP contribution >= 0.6 is 46.6 Å². The Hall–Kier alpha value is -1.28. The van der Waals surface area contributed by atoms with E-state index in [-0.39, 0.29) is 5.95 Å². The average molecular weight is 362 g/mol. The SMILES string of the molecule is Nc1nc(SCc2nc3cc(Cl)c(Cl)cc3nc2Cl)n[nH]1. The van der Waals surface area contributed by atoms with E-state index >= 15 is 0 Å². The largest absolute Gasteiger partial charge is 0.368 e. The predicted molar refractivity (Wildman–Crippen MR) is 84.9 cm³/mol. The zero-order chi connectivity index (χ0) is 15.0. The number of hydrogen-bond donors (Lipinski definition) is 2. The summed E-state index contributed by atoms with van der Waals surface area (Å²) in [5.74, 6) is 0.717. The molecule has 0 aliphatic heterocycles. The van der Waals surface area contributed by atoms with Crippen molar-refractivity contribution < 1.29 is 0 Å². The minimum Gasteiger partial charge on any atom is -0.368 e. The van der Waals surface area contributed by atoms with Crippen LogP contribution in [0, 0.1) is 0 Å². The Kier molecular flexibility index (Phi) is 4.08. The molecule has 6 nitrogen and oxygen atoms in total. The molecule has 0 aliphatic carbocycles. The average Bonchev–Trinajstić information content (AvgIpc) is 2.84. The molecule has 3 N–H and O–H groups in total. The molecular formula is C11H7Cl3N6S. The second kappa shape index (κ2) is 5.84. The van der Waals surface area contributed by atoms with Gasteiger partial charge in [0.2, 0.25) is 11.1 Å². The molecule has 21 heavy (non-hydrogen) atoms. The van der Waals surface area contributed by atoms with Gasteiger partial charge >= 0.3 is 0 Å². The predicted octanol–water partition coefficient (Wildman–Crippen LogP) is 3.58. The third-order valence-electron chi connectivity index (χ3n) is 2.55. The number of nitrogens with one attached hydrogen (secondary N) is 1. The molecule has 3 rings (SSSR count). The number of anilines is 1. The summed E-state index contributed by atoms with van der Waals surface area (Å²) in [6, 6.07) is 3.28. The minimum atomic E-state index is 0.259. The van der Waals surface area contributed by atoms with Gasteiger partial charge in [-0.3, -0.25) is 0 Å². The molecule has 1 aromatic carbocycles. The molecule has 0 unspecified atom stereocenters. The molecule has 0 radical (unpaired) electrons. The van der Waals surface area contributed by atoms with Gasteiger partial charge in [0, 0.05) is 5.75 Å². The Morgan fingerprint density at radius 1 is 1.05 bits per heavy atom. The second-order valence-corrected chi connectivity index (χ2v) is 6.12. The van der Waals surface area contributed by atoms with Crippen LogP contribution in [-0.4, -0.2) is 25.1 Å². The number of nitrogen functional groups attached to an aromatic ring is 1. The van der Waals surface area contributed by atoms with Gasteiger partial charge in [0.05, 0.1) is 26.8 Å². The maximum absolute atomic E-state index is 6.13. The lowest BCUT2D eigenvalue weighted by Crippen LogP contribution is -1.95. The van der Waals surface area contributed by atoms with E-state index in [1.54, 1.807) is 12.1 Å². The first-order valence-electron chi connectivity index (χ1n) is 5.65. The molecule has 108 valence electrons. The van der Waals surface area contributed by atoms with Crippen LogP contribution in [0.15, 0.2) is 17.3 Å². The second-order valence-electron chi connectivity index (χ2n) is 4.01. The molecule has 0 saturated carbocycles. The van der Waals surface area contributed by atoms with Gasteiger partial charge in [-0.2, -0.15) is 4.98 Å². The van der Waals surface area contributed by atoms with Crippen LogP contribution in [0.1, 0.15) is 5.69 Å². The highest BCUT2D eigenvalue weighted by molar-refractivity contribution is 7.98. The number of benzene rings is 1. The molecule has 2 aromatic heterocycles. The first-order valence-corrected chi connectivity index (χ1v) is 7.77. The fraction of sp³-hybridized carbons (Fsp3) is 0.0909. The molecule has 0 bridgehead atoms. The molecule has 0 fully saturated rings. The van der Waals surface area contributed by atoms with E-state index in [1.165, 1.54) is 11.8 Å². The van der Waals surface area contributed by atoms with Crippen LogP contribution in [0.2, 0.25) is 15.2 Å². The third-order valence-corrected chi connectivity index (χ3v) is 4.43. The Labute approximate surface area is 138 Å². The van der Waals surface area contributed by atoms with Gasteiger partial charge in [-0.05, 0) is 12.1 Å². The minimum absolute atomic E-state index is 0.259. The van der Waals surface area contributed by atoms with Gasteiger partial charge in [0.1, 0.15) is 0 Å². The summed E-state index contributed by atoms with van der Waals surface area (Å²) in [5, 5.41) is 8.12. The topological polar surface area (TPSA) is 93.4 Å². The van der Waals surface area contributed by atoms with Gasteiger partial charge in [-0.1, -0.05) is 46.6 Å². The van der Waals surface area contributed by atoms with Crippen molar-refractivity contribution in [1.82, 2.24) is 25.1 Å². The highest BCUT2D eigenvalue weighted by atomic mass is 35.5. The summed E-state index contributed by atoms with van der Waals surface area (Å²) < 4.78 is 0. The van der Waals surface area contributed by atoms with Crippen molar-refractivity contribution in [2.45, 2.75) is 10.9 Å². The Morgan fingerprint density at radius 3 is 2.33 bits per heavy atom. The normalized spacial score (nSPS) is 11.2. The lowest BCUT2D eigenvalue weighted by molar-refractivity contribution is 0.971. The fourth-order valence-electron chi connectivity index (χ4n) is 1.61. The number of rotatable bonds is 3. The molecule has 10 heteroatoms. The zero-order valence-corrected chi connectivity index (χ0v) is 13.4. The smallest absolute Gasteiger partial charge is 0.216 e. The van der Waals surface area contributed by atoms with Crippen molar-refractivity contribution in [2.24, 2.45) is 0 Å². The third kappa shape index (κ3) is 3.16. The molecule has 0 aliphatic rings.